The van der Waals surface area contributed by atoms with Crippen molar-refractivity contribution in [1.82, 2.24) is 0 Å². The Morgan fingerprint density at radius 2 is 0.939 bits per heavy atom. The number of thiophene rings is 2. The standard InChI is InChI=1S/C33H28O14S2/c1-15-23-25(43-4-3-42-23)27(48-15)28-26-24(16(2)49-28)46-13-33(14-47-26,11-44-21-7-17(29(34)35)5-18(8-21)30(36)37)12-45-22-9-19(31(38)39)6-20(10-22)32(40)41/h5-10H,3-4,11-14H2,1-2H3,(H,34,35)(H,36,37)(H,38,39)(H,40,41). The topological polar surface area (TPSA) is 205 Å². The van der Waals surface area contributed by atoms with Crippen LogP contribution in [0.1, 0.15) is 51.2 Å². The Bertz CT molecular complexity index is 1850. The van der Waals surface area contributed by atoms with Crippen molar-refractivity contribution in [2.24, 2.45) is 5.41 Å². The van der Waals surface area contributed by atoms with Crippen molar-refractivity contribution < 1.29 is 68.0 Å². The van der Waals surface area contributed by atoms with Gasteiger partial charge in [0.15, 0.2) is 23.0 Å². The molecule has 2 aromatic carbocycles. The number of fused-ring (bicyclic) bond motifs is 2. The summed E-state index contributed by atoms with van der Waals surface area (Å²) in [5.41, 5.74) is -2.40. The van der Waals surface area contributed by atoms with Crippen LogP contribution in [0.15, 0.2) is 36.4 Å². The minimum absolute atomic E-state index is 0.0501. The highest BCUT2D eigenvalue weighted by molar-refractivity contribution is 7.23. The molecule has 0 saturated carbocycles. The van der Waals surface area contributed by atoms with E-state index in [2.05, 4.69) is 0 Å². The Kier molecular flexibility index (Phi) is 9.00. The molecule has 16 heteroatoms. The highest BCUT2D eigenvalue weighted by Crippen LogP contribution is 2.57. The number of hydrogen-bond donors (Lipinski definition) is 4. The quantitative estimate of drug-likeness (QED) is 0.150. The summed E-state index contributed by atoms with van der Waals surface area (Å²) in [7, 11) is 0. The van der Waals surface area contributed by atoms with Crippen LogP contribution < -0.4 is 28.4 Å². The van der Waals surface area contributed by atoms with Crippen molar-refractivity contribution >= 4 is 46.6 Å². The third-order valence-corrected chi connectivity index (χ3v) is 9.99. The summed E-state index contributed by atoms with van der Waals surface area (Å²) < 4.78 is 36.6. The molecule has 2 aliphatic rings. The van der Waals surface area contributed by atoms with Gasteiger partial charge in [0.2, 0.25) is 0 Å². The third-order valence-electron chi connectivity index (χ3n) is 7.69. The molecule has 2 aromatic heterocycles. The summed E-state index contributed by atoms with van der Waals surface area (Å²) in [6, 6.07) is 6.73. The SMILES string of the molecule is Cc1sc(-c2sc(C)c3c2OCC(COc2cc(C(=O)O)cc(C(=O)O)c2)(COc2cc(C(=O)O)cc(C(=O)O)c2)CO3)c2c1OCCO2. The molecule has 49 heavy (non-hydrogen) atoms. The zero-order valence-electron chi connectivity index (χ0n) is 25.9. The summed E-state index contributed by atoms with van der Waals surface area (Å²) in [6.07, 6.45) is 0. The third kappa shape index (κ3) is 6.77. The maximum absolute atomic E-state index is 11.7. The zero-order valence-corrected chi connectivity index (χ0v) is 27.5. The lowest BCUT2D eigenvalue weighted by atomic mass is 9.92. The first-order valence-electron chi connectivity index (χ1n) is 14.6. The van der Waals surface area contributed by atoms with E-state index >= 15 is 0 Å². The van der Waals surface area contributed by atoms with Crippen LogP contribution in [0.2, 0.25) is 0 Å². The van der Waals surface area contributed by atoms with Gasteiger partial charge in [-0.1, -0.05) is 0 Å². The number of carboxylic acids is 4. The highest BCUT2D eigenvalue weighted by atomic mass is 32.1. The van der Waals surface area contributed by atoms with Crippen LogP contribution in [-0.4, -0.2) is 83.9 Å². The second-order valence-corrected chi connectivity index (χ2v) is 13.8. The molecule has 14 nitrogen and oxygen atoms in total. The first-order chi connectivity index (χ1) is 23.3. The van der Waals surface area contributed by atoms with E-state index in [9.17, 15) is 39.6 Å². The van der Waals surface area contributed by atoms with Crippen molar-refractivity contribution in [1.29, 1.82) is 0 Å². The lowest BCUT2D eigenvalue weighted by molar-refractivity contribution is 0.00915. The van der Waals surface area contributed by atoms with Crippen molar-refractivity contribution in [3.05, 3.63) is 68.4 Å². The predicted molar refractivity (Wildman–Crippen MR) is 173 cm³/mol. The van der Waals surface area contributed by atoms with Gasteiger partial charge >= 0.3 is 23.9 Å². The van der Waals surface area contributed by atoms with Crippen molar-refractivity contribution in [2.45, 2.75) is 13.8 Å². The molecule has 0 radical (unpaired) electrons. The van der Waals surface area contributed by atoms with Crippen molar-refractivity contribution in [2.75, 3.05) is 39.6 Å². The normalized spacial score (nSPS) is 14.4. The Labute approximate surface area is 285 Å². The van der Waals surface area contributed by atoms with Gasteiger partial charge in [0.1, 0.15) is 56.6 Å². The van der Waals surface area contributed by atoms with E-state index in [-0.39, 0.29) is 60.2 Å². The van der Waals surface area contributed by atoms with Gasteiger partial charge in [-0.2, -0.15) is 0 Å². The van der Waals surface area contributed by atoms with Gasteiger partial charge in [-0.3, -0.25) is 0 Å². The maximum Gasteiger partial charge on any atom is 0.335 e. The zero-order chi connectivity index (χ0) is 35.0. The average Bonchev–Trinajstić information content (AvgIpc) is 3.50. The van der Waals surface area contributed by atoms with Gasteiger partial charge in [0.25, 0.3) is 0 Å². The minimum Gasteiger partial charge on any atom is -0.493 e. The number of carbonyl (C=O) groups is 4. The van der Waals surface area contributed by atoms with Gasteiger partial charge in [0.05, 0.1) is 32.0 Å². The fraction of sp³-hybridized carbons (Fsp3) is 0.273. The van der Waals surface area contributed by atoms with E-state index in [1.807, 2.05) is 13.8 Å². The predicted octanol–water partition coefficient (Wildman–Crippen LogP) is 5.57. The van der Waals surface area contributed by atoms with Crippen LogP contribution in [0.4, 0.5) is 0 Å². The van der Waals surface area contributed by atoms with E-state index in [0.29, 0.717) is 36.2 Å². The van der Waals surface area contributed by atoms with Crippen LogP contribution >= 0.6 is 22.7 Å². The van der Waals surface area contributed by atoms with Crippen LogP contribution in [0.3, 0.4) is 0 Å². The molecule has 0 unspecified atom stereocenters. The molecule has 0 fully saturated rings. The molecule has 4 aromatic rings. The van der Waals surface area contributed by atoms with Crippen LogP contribution in [0.25, 0.3) is 9.75 Å². The van der Waals surface area contributed by atoms with Crippen molar-refractivity contribution in [3.8, 4) is 44.3 Å². The summed E-state index contributed by atoms with van der Waals surface area (Å²) in [5, 5.41) is 38.2. The number of ether oxygens (including phenoxy) is 6. The molecule has 0 amide bonds. The monoisotopic (exact) mass is 712 g/mol. The van der Waals surface area contributed by atoms with Gasteiger partial charge in [0, 0.05) is 9.75 Å². The van der Waals surface area contributed by atoms with Gasteiger partial charge in [-0.25, -0.2) is 19.2 Å². The molecular formula is C33H28O14S2. The highest BCUT2D eigenvalue weighted by Gasteiger charge is 2.41. The summed E-state index contributed by atoms with van der Waals surface area (Å²) in [5.74, 6) is -3.31. The molecule has 0 atom stereocenters. The van der Waals surface area contributed by atoms with Gasteiger partial charge in [-0.05, 0) is 50.2 Å². The number of hydrogen-bond acceptors (Lipinski definition) is 12. The largest absolute Gasteiger partial charge is 0.493 e. The lowest BCUT2D eigenvalue weighted by Crippen LogP contribution is -2.44. The molecular weight excluding hydrogens is 684 g/mol. The fourth-order valence-corrected chi connectivity index (χ4v) is 7.44. The Morgan fingerprint density at radius 3 is 1.35 bits per heavy atom. The van der Waals surface area contributed by atoms with E-state index < -0.39 is 29.3 Å². The molecule has 0 spiro atoms. The number of aromatic carboxylic acids is 4. The fourth-order valence-electron chi connectivity index (χ4n) is 5.23. The second kappa shape index (κ2) is 13.2. The smallest absolute Gasteiger partial charge is 0.335 e. The molecule has 0 aliphatic carbocycles. The Balaban J connectivity index is 1.35. The number of benzene rings is 2. The minimum atomic E-state index is -1.35. The Hall–Kier alpha value is -5.48. The summed E-state index contributed by atoms with van der Waals surface area (Å²) in [4.78, 5) is 50.2. The van der Waals surface area contributed by atoms with Crippen LogP contribution in [0.5, 0.6) is 34.5 Å². The Morgan fingerprint density at radius 1 is 0.592 bits per heavy atom. The molecule has 0 saturated heterocycles. The first-order valence-corrected chi connectivity index (χ1v) is 16.2. The van der Waals surface area contributed by atoms with E-state index in [1.54, 1.807) is 0 Å². The van der Waals surface area contributed by atoms with Gasteiger partial charge < -0.3 is 48.8 Å². The molecule has 0 bridgehead atoms. The van der Waals surface area contributed by atoms with Gasteiger partial charge in [-0.15, -0.1) is 22.7 Å². The summed E-state index contributed by atoms with van der Waals surface area (Å²) in [6.45, 7) is 3.96. The number of aryl methyl sites for hydroxylation is 2. The molecule has 2 aliphatic heterocycles. The van der Waals surface area contributed by atoms with E-state index in [1.165, 1.54) is 46.9 Å². The second-order valence-electron chi connectivity index (χ2n) is 11.4. The molecule has 6 rings (SSSR count). The number of rotatable bonds is 11. The van der Waals surface area contributed by atoms with E-state index in [0.717, 1.165) is 31.6 Å². The van der Waals surface area contributed by atoms with Crippen LogP contribution in [0, 0.1) is 19.3 Å². The number of carboxylic acid groups (broad SMARTS) is 4. The van der Waals surface area contributed by atoms with Crippen LogP contribution in [-0.2, 0) is 0 Å². The van der Waals surface area contributed by atoms with E-state index in [4.69, 9.17) is 28.4 Å². The molecule has 256 valence electrons. The van der Waals surface area contributed by atoms with Crippen molar-refractivity contribution in [3.63, 3.8) is 0 Å². The molecule has 4 N–H and O–H groups in total. The average molecular weight is 713 g/mol. The lowest BCUT2D eigenvalue weighted by Gasteiger charge is -2.31. The maximum atomic E-state index is 11.7. The summed E-state index contributed by atoms with van der Waals surface area (Å²) >= 11 is 2.95. The molecule has 4 heterocycles. The first kappa shape index (κ1) is 33.4.